The Morgan fingerprint density at radius 1 is 0.625 bits per heavy atom. The highest BCUT2D eigenvalue weighted by Gasteiger charge is 2.48. The van der Waals surface area contributed by atoms with Gasteiger partial charge in [-0.25, -0.2) is 0 Å². The van der Waals surface area contributed by atoms with E-state index in [9.17, 15) is 9.59 Å². The Morgan fingerprint density at radius 2 is 0.969 bits per heavy atom. The molecule has 0 N–H and O–H groups in total. The molecule has 0 bridgehead atoms. The molecule has 32 heavy (non-hydrogen) atoms. The van der Waals surface area contributed by atoms with Crippen LogP contribution in [-0.4, -0.2) is 34.7 Å². The molecular formula is C28H32N2O2. The zero-order valence-electron chi connectivity index (χ0n) is 19.5. The van der Waals surface area contributed by atoms with E-state index in [0.29, 0.717) is 36.1 Å². The van der Waals surface area contributed by atoms with Crippen molar-refractivity contribution in [3.05, 3.63) is 82.9 Å². The van der Waals surface area contributed by atoms with Gasteiger partial charge in [-0.15, -0.1) is 0 Å². The number of amides is 2. The molecule has 166 valence electrons. The van der Waals surface area contributed by atoms with Gasteiger partial charge in [0.25, 0.3) is 11.8 Å². The average molecular weight is 429 g/mol. The number of rotatable bonds is 8. The smallest absolute Gasteiger partial charge is 0.261 e. The molecule has 2 aliphatic rings. The van der Waals surface area contributed by atoms with E-state index in [1.54, 1.807) is 0 Å². The lowest BCUT2D eigenvalue weighted by molar-refractivity contribution is -0.124. The predicted molar refractivity (Wildman–Crippen MR) is 129 cm³/mol. The summed E-state index contributed by atoms with van der Waals surface area (Å²) in [5.74, 6) is 0.560. The van der Waals surface area contributed by atoms with Gasteiger partial charge in [-0.2, -0.15) is 0 Å². The van der Waals surface area contributed by atoms with E-state index in [0.717, 1.165) is 35.4 Å². The summed E-state index contributed by atoms with van der Waals surface area (Å²) in [6.07, 6.45) is 1.94. The van der Waals surface area contributed by atoms with Crippen LogP contribution < -0.4 is 0 Å². The summed E-state index contributed by atoms with van der Waals surface area (Å²) in [6.45, 7) is 9.78. The van der Waals surface area contributed by atoms with Gasteiger partial charge in [-0.3, -0.25) is 9.59 Å². The third kappa shape index (κ3) is 3.79. The monoisotopic (exact) mass is 428 g/mol. The van der Waals surface area contributed by atoms with Crippen LogP contribution in [0.1, 0.15) is 51.7 Å². The molecule has 0 spiro atoms. The van der Waals surface area contributed by atoms with Crippen molar-refractivity contribution in [1.29, 1.82) is 0 Å². The fraction of sp³-hybridized carbons (Fsp3) is 0.357. The van der Waals surface area contributed by atoms with Crippen molar-refractivity contribution in [2.75, 3.05) is 13.1 Å². The maximum absolute atomic E-state index is 13.9. The molecule has 2 heterocycles. The first kappa shape index (κ1) is 22.1. The minimum atomic E-state index is -0.0574. The van der Waals surface area contributed by atoms with Gasteiger partial charge in [0, 0.05) is 13.1 Å². The molecule has 2 atom stereocenters. The van der Waals surface area contributed by atoms with E-state index in [1.807, 2.05) is 70.5 Å². The van der Waals surface area contributed by atoms with Gasteiger partial charge in [-0.05, 0) is 23.0 Å². The second kappa shape index (κ2) is 9.15. The summed E-state index contributed by atoms with van der Waals surface area (Å²) in [6, 6.07) is 19.8. The summed E-state index contributed by atoms with van der Waals surface area (Å²) in [7, 11) is 0. The molecule has 0 radical (unpaired) electrons. The predicted octanol–water partition coefficient (Wildman–Crippen LogP) is 5.59. The number of carbonyl (C=O) groups excluding carboxylic acids is 2. The minimum Gasteiger partial charge on any atom is -0.307 e. The Balaban J connectivity index is 1.96. The zero-order valence-corrected chi connectivity index (χ0v) is 19.5. The van der Waals surface area contributed by atoms with Gasteiger partial charge in [0.2, 0.25) is 0 Å². The lowest BCUT2D eigenvalue weighted by atomic mass is 10.0. The average Bonchev–Trinajstić information content (AvgIpc) is 3.26. The lowest BCUT2D eigenvalue weighted by Crippen LogP contribution is -2.34. The van der Waals surface area contributed by atoms with Gasteiger partial charge in [0.1, 0.15) is 0 Å². The molecular weight excluding hydrogens is 396 g/mol. The fourth-order valence-electron chi connectivity index (χ4n) is 4.42. The molecule has 0 saturated heterocycles. The normalized spacial score (nSPS) is 18.0. The number of nitrogens with zero attached hydrogens (tertiary/aromatic N) is 2. The molecule has 4 rings (SSSR count). The number of fused-ring (bicyclic) bond motifs is 1. The Morgan fingerprint density at radius 3 is 1.28 bits per heavy atom. The molecule has 0 aromatic heterocycles. The van der Waals surface area contributed by atoms with Crippen LogP contribution in [0.25, 0.3) is 11.4 Å². The van der Waals surface area contributed by atoms with Crippen LogP contribution in [0.15, 0.2) is 71.8 Å². The lowest BCUT2D eigenvalue weighted by Gasteiger charge is -2.28. The van der Waals surface area contributed by atoms with E-state index in [1.165, 1.54) is 0 Å². The van der Waals surface area contributed by atoms with Gasteiger partial charge in [0.15, 0.2) is 0 Å². The quantitative estimate of drug-likeness (QED) is 0.550. The van der Waals surface area contributed by atoms with E-state index < -0.39 is 0 Å². The molecule has 2 unspecified atom stereocenters. The molecule has 4 heteroatoms. The van der Waals surface area contributed by atoms with Crippen molar-refractivity contribution < 1.29 is 9.59 Å². The van der Waals surface area contributed by atoms with Crippen LogP contribution in [0.2, 0.25) is 0 Å². The molecule has 2 aromatic carbocycles. The summed E-state index contributed by atoms with van der Waals surface area (Å²) in [5.41, 5.74) is 4.48. The largest absolute Gasteiger partial charge is 0.307 e. The highest BCUT2D eigenvalue weighted by Crippen LogP contribution is 2.47. The summed E-state index contributed by atoms with van der Waals surface area (Å²) in [5, 5.41) is 0. The summed E-state index contributed by atoms with van der Waals surface area (Å²) in [4.78, 5) is 31.5. The molecule has 2 aromatic rings. The topological polar surface area (TPSA) is 40.6 Å². The molecule has 0 fully saturated rings. The van der Waals surface area contributed by atoms with Crippen LogP contribution >= 0.6 is 0 Å². The van der Waals surface area contributed by atoms with E-state index in [4.69, 9.17) is 0 Å². The Kier molecular flexibility index (Phi) is 6.31. The molecule has 4 nitrogen and oxygen atoms in total. The second-order valence-corrected chi connectivity index (χ2v) is 9.04. The summed E-state index contributed by atoms with van der Waals surface area (Å²) < 4.78 is 0. The van der Waals surface area contributed by atoms with Crippen molar-refractivity contribution in [3.63, 3.8) is 0 Å². The third-order valence-electron chi connectivity index (χ3n) is 6.66. The number of benzene rings is 2. The SMILES string of the molecule is CCC(C)CN1C(=O)C2=C(c3ccccc3)N(CC(C)CC)C(=O)C2=C1c1ccccc1. The van der Waals surface area contributed by atoms with Crippen molar-refractivity contribution >= 4 is 23.2 Å². The standard InChI is InChI=1S/C28H32N2O2/c1-5-19(3)17-29-25(21-13-9-7-10-14-21)23-24(27(29)31)26(22-15-11-8-12-16-22)30(28(23)32)18-20(4)6-2/h7-16,19-20H,5-6,17-18H2,1-4H3. The Hall–Kier alpha value is -3.14. The van der Waals surface area contributed by atoms with Crippen LogP contribution in [0.5, 0.6) is 0 Å². The fourth-order valence-corrected chi connectivity index (χ4v) is 4.42. The van der Waals surface area contributed by atoms with Crippen molar-refractivity contribution in [3.8, 4) is 0 Å². The van der Waals surface area contributed by atoms with Crippen LogP contribution in [0, 0.1) is 11.8 Å². The van der Waals surface area contributed by atoms with Gasteiger partial charge in [0.05, 0.1) is 22.5 Å². The highest BCUT2D eigenvalue weighted by atomic mass is 16.2. The highest BCUT2D eigenvalue weighted by molar-refractivity contribution is 6.30. The van der Waals surface area contributed by atoms with E-state index in [-0.39, 0.29) is 11.8 Å². The van der Waals surface area contributed by atoms with E-state index >= 15 is 0 Å². The molecule has 2 amide bonds. The number of hydrogen-bond donors (Lipinski definition) is 0. The molecule has 0 saturated carbocycles. The molecule has 2 aliphatic heterocycles. The van der Waals surface area contributed by atoms with Crippen LogP contribution in [-0.2, 0) is 9.59 Å². The summed E-state index contributed by atoms with van der Waals surface area (Å²) >= 11 is 0. The second-order valence-electron chi connectivity index (χ2n) is 9.04. The minimum absolute atomic E-state index is 0.0574. The maximum atomic E-state index is 13.9. The van der Waals surface area contributed by atoms with E-state index in [2.05, 4.69) is 27.7 Å². The first-order chi connectivity index (χ1) is 15.5. The Labute approximate surface area is 191 Å². The number of hydrogen-bond acceptors (Lipinski definition) is 2. The first-order valence-corrected chi connectivity index (χ1v) is 11.7. The van der Waals surface area contributed by atoms with Crippen molar-refractivity contribution in [2.45, 2.75) is 40.5 Å². The third-order valence-corrected chi connectivity index (χ3v) is 6.66. The first-order valence-electron chi connectivity index (χ1n) is 11.7. The maximum Gasteiger partial charge on any atom is 0.261 e. The van der Waals surface area contributed by atoms with Crippen molar-refractivity contribution in [2.24, 2.45) is 11.8 Å². The molecule has 0 aliphatic carbocycles. The zero-order chi connectivity index (χ0) is 22.8. The number of carbonyl (C=O) groups is 2. The van der Waals surface area contributed by atoms with Crippen LogP contribution in [0.3, 0.4) is 0 Å². The van der Waals surface area contributed by atoms with Crippen molar-refractivity contribution in [1.82, 2.24) is 9.80 Å². The van der Waals surface area contributed by atoms with Gasteiger partial charge < -0.3 is 9.80 Å². The van der Waals surface area contributed by atoms with Gasteiger partial charge >= 0.3 is 0 Å². The Bertz CT molecular complexity index is 982. The van der Waals surface area contributed by atoms with Crippen LogP contribution in [0.4, 0.5) is 0 Å². The van der Waals surface area contributed by atoms with Gasteiger partial charge in [-0.1, -0.05) is 101 Å².